The zero-order valence-corrected chi connectivity index (χ0v) is 8.08. The van der Waals surface area contributed by atoms with Crippen molar-refractivity contribution < 1.29 is 19.9 Å². The molecule has 13 heavy (non-hydrogen) atoms. The molecule has 4 heteroatoms. The van der Waals surface area contributed by atoms with Gasteiger partial charge in [-0.1, -0.05) is 0 Å². The minimum Gasteiger partial charge on any atom is -0.249 e. The summed E-state index contributed by atoms with van der Waals surface area (Å²) in [5, 5.41) is 8.76. The molecule has 0 aromatic rings. The van der Waals surface area contributed by atoms with Gasteiger partial charge < -0.3 is 0 Å². The molecule has 2 aliphatic rings. The van der Waals surface area contributed by atoms with Crippen LogP contribution in [0, 0.1) is 5.92 Å². The lowest BCUT2D eigenvalue weighted by Crippen LogP contribution is -2.53. The summed E-state index contributed by atoms with van der Waals surface area (Å²) in [6, 6.07) is 0. The van der Waals surface area contributed by atoms with Crippen molar-refractivity contribution in [2.75, 3.05) is 0 Å². The van der Waals surface area contributed by atoms with Crippen LogP contribution in [0.3, 0.4) is 0 Å². The van der Waals surface area contributed by atoms with Gasteiger partial charge in [0.15, 0.2) is 0 Å². The van der Waals surface area contributed by atoms with Crippen molar-refractivity contribution in [3.8, 4) is 0 Å². The molecule has 2 rings (SSSR count). The largest absolute Gasteiger partial charge is 0.249 e. The molecule has 1 aliphatic carbocycles. The third kappa shape index (κ3) is 1.48. The molecule has 0 radical (unpaired) electrons. The fourth-order valence-corrected chi connectivity index (χ4v) is 2.22. The van der Waals surface area contributed by atoms with Crippen LogP contribution in [0.1, 0.15) is 39.5 Å². The number of fused-ring (bicyclic) bond motifs is 2. The average Bonchev–Trinajstić information content (AvgIpc) is 2.14. The van der Waals surface area contributed by atoms with Gasteiger partial charge in [0.05, 0.1) is 0 Å². The van der Waals surface area contributed by atoms with Crippen LogP contribution in [0.25, 0.3) is 0 Å². The quantitative estimate of drug-likeness (QED) is 0.505. The van der Waals surface area contributed by atoms with E-state index >= 15 is 0 Å². The first-order valence-corrected chi connectivity index (χ1v) is 4.77. The van der Waals surface area contributed by atoms with Crippen molar-refractivity contribution in [3.05, 3.63) is 0 Å². The van der Waals surface area contributed by atoms with Crippen molar-refractivity contribution in [2.24, 2.45) is 5.92 Å². The molecule has 0 aromatic heterocycles. The van der Waals surface area contributed by atoms with Crippen LogP contribution in [-0.2, 0) is 14.7 Å². The smallest absolute Gasteiger partial charge is 0.234 e. The molecule has 2 atom stereocenters. The van der Waals surface area contributed by atoms with E-state index in [1.54, 1.807) is 0 Å². The van der Waals surface area contributed by atoms with Gasteiger partial charge in [-0.3, -0.25) is 0 Å². The minimum atomic E-state index is -0.890. The van der Waals surface area contributed by atoms with E-state index < -0.39 is 5.79 Å². The molecule has 2 fully saturated rings. The Labute approximate surface area is 77.6 Å². The molecule has 1 aliphatic heterocycles. The van der Waals surface area contributed by atoms with E-state index in [-0.39, 0.29) is 5.60 Å². The summed E-state index contributed by atoms with van der Waals surface area (Å²) in [7, 11) is 0. The number of hydrogen-bond donors (Lipinski definition) is 1. The zero-order valence-electron chi connectivity index (χ0n) is 8.08. The molecule has 1 saturated carbocycles. The lowest BCUT2D eigenvalue weighted by molar-refractivity contribution is -0.554. The molecule has 0 spiro atoms. The van der Waals surface area contributed by atoms with Crippen molar-refractivity contribution in [1.29, 1.82) is 0 Å². The van der Waals surface area contributed by atoms with E-state index in [9.17, 15) is 0 Å². The van der Waals surface area contributed by atoms with Gasteiger partial charge in [-0.25, -0.2) is 15.0 Å². The molecule has 2 bridgehead atoms. The van der Waals surface area contributed by atoms with Gasteiger partial charge in [0.1, 0.15) is 5.60 Å². The fourth-order valence-electron chi connectivity index (χ4n) is 2.22. The second-order valence-electron chi connectivity index (χ2n) is 4.57. The van der Waals surface area contributed by atoms with Gasteiger partial charge in [0, 0.05) is 12.8 Å². The van der Waals surface area contributed by atoms with Gasteiger partial charge >= 0.3 is 0 Å². The second kappa shape index (κ2) is 2.92. The van der Waals surface area contributed by atoms with Crippen molar-refractivity contribution in [3.63, 3.8) is 0 Å². The van der Waals surface area contributed by atoms with E-state index in [1.165, 1.54) is 0 Å². The predicted molar refractivity (Wildman–Crippen MR) is 44.7 cm³/mol. The maximum Gasteiger partial charge on any atom is 0.234 e. The normalized spacial score (nSPS) is 43.2. The SMILES string of the molecule is CC1(C)OO[C@]2(OO)CCC[C@@H]1C2. The molecule has 0 aromatic carbocycles. The zero-order chi connectivity index (χ0) is 9.53. The van der Waals surface area contributed by atoms with E-state index in [4.69, 9.17) is 15.0 Å². The van der Waals surface area contributed by atoms with Gasteiger partial charge in [-0.05, 0) is 32.6 Å². The summed E-state index contributed by atoms with van der Waals surface area (Å²) in [6.07, 6.45) is 3.55. The molecule has 1 N–H and O–H groups in total. The van der Waals surface area contributed by atoms with Crippen molar-refractivity contribution >= 4 is 0 Å². The fraction of sp³-hybridized carbons (Fsp3) is 1.00. The van der Waals surface area contributed by atoms with Gasteiger partial charge in [0.2, 0.25) is 5.79 Å². The Morgan fingerprint density at radius 1 is 1.38 bits per heavy atom. The lowest BCUT2D eigenvalue weighted by atomic mass is 9.75. The van der Waals surface area contributed by atoms with Crippen molar-refractivity contribution in [1.82, 2.24) is 0 Å². The first-order chi connectivity index (χ1) is 6.08. The Morgan fingerprint density at radius 3 is 2.85 bits per heavy atom. The Bertz CT molecular complexity index is 204. The Balaban J connectivity index is 2.15. The highest BCUT2D eigenvalue weighted by molar-refractivity contribution is 4.90. The van der Waals surface area contributed by atoms with Crippen LogP contribution < -0.4 is 0 Å². The van der Waals surface area contributed by atoms with Crippen LogP contribution in [0.15, 0.2) is 0 Å². The second-order valence-corrected chi connectivity index (χ2v) is 4.57. The predicted octanol–water partition coefficient (Wildman–Crippen LogP) is 2.10. The summed E-state index contributed by atoms with van der Waals surface area (Å²) in [4.78, 5) is 14.8. The van der Waals surface area contributed by atoms with Crippen LogP contribution in [-0.4, -0.2) is 16.6 Å². The third-order valence-electron chi connectivity index (χ3n) is 3.23. The minimum absolute atomic E-state index is 0.261. The molecule has 0 amide bonds. The highest BCUT2D eigenvalue weighted by Crippen LogP contribution is 2.46. The Morgan fingerprint density at radius 2 is 2.15 bits per heavy atom. The lowest BCUT2D eigenvalue weighted by Gasteiger charge is -2.48. The van der Waals surface area contributed by atoms with E-state index in [2.05, 4.69) is 4.89 Å². The molecule has 76 valence electrons. The first-order valence-electron chi connectivity index (χ1n) is 4.77. The molecule has 1 saturated heterocycles. The summed E-state index contributed by atoms with van der Waals surface area (Å²) in [5.41, 5.74) is -0.261. The molecule has 1 heterocycles. The summed E-state index contributed by atoms with van der Waals surface area (Å²) >= 11 is 0. The molecular formula is C9H16O4. The molecular weight excluding hydrogens is 172 g/mol. The third-order valence-corrected chi connectivity index (χ3v) is 3.23. The standard InChI is InChI=1S/C9H16O4/c1-8(2)7-4-3-5-9(6-7,11-10)13-12-8/h7,10H,3-6H2,1-2H3/t7-,9-/m1/s1. The van der Waals surface area contributed by atoms with Crippen molar-refractivity contribution in [2.45, 2.75) is 50.9 Å². The summed E-state index contributed by atoms with van der Waals surface area (Å²) in [5.74, 6) is -0.486. The number of rotatable bonds is 1. The maximum atomic E-state index is 8.76. The van der Waals surface area contributed by atoms with Crippen LogP contribution in [0.2, 0.25) is 0 Å². The summed E-state index contributed by atoms with van der Waals surface area (Å²) in [6.45, 7) is 4.01. The molecule has 4 nitrogen and oxygen atoms in total. The van der Waals surface area contributed by atoms with Gasteiger partial charge in [-0.2, -0.15) is 4.89 Å². The monoisotopic (exact) mass is 188 g/mol. The average molecular weight is 188 g/mol. The Hall–Kier alpha value is -0.160. The topological polar surface area (TPSA) is 47.9 Å². The highest BCUT2D eigenvalue weighted by Gasteiger charge is 2.51. The van der Waals surface area contributed by atoms with Crippen LogP contribution in [0.5, 0.6) is 0 Å². The molecule has 0 unspecified atom stereocenters. The Kier molecular flexibility index (Phi) is 2.11. The van der Waals surface area contributed by atoms with E-state index in [0.29, 0.717) is 12.3 Å². The van der Waals surface area contributed by atoms with Gasteiger partial charge in [-0.15, -0.1) is 0 Å². The van der Waals surface area contributed by atoms with E-state index in [0.717, 1.165) is 19.3 Å². The number of hydrogen-bond acceptors (Lipinski definition) is 4. The highest BCUT2D eigenvalue weighted by atomic mass is 17.3. The first kappa shape index (κ1) is 9.40. The maximum absolute atomic E-state index is 8.76. The van der Waals surface area contributed by atoms with Crippen LogP contribution in [0.4, 0.5) is 0 Å². The van der Waals surface area contributed by atoms with Crippen LogP contribution >= 0.6 is 0 Å². The summed E-state index contributed by atoms with van der Waals surface area (Å²) < 4.78 is 0. The van der Waals surface area contributed by atoms with E-state index in [1.807, 2.05) is 13.8 Å². The van der Waals surface area contributed by atoms with Gasteiger partial charge in [0.25, 0.3) is 0 Å².